The van der Waals surface area contributed by atoms with Crippen molar-refractivity contribution in [2.75, 3.05) is 12.1 Å². The minimum atomic E-state index is -0.242. The first-order chi connectivity index (χ1) is 11.8. The van der Waals surface area contributed by atoms with Gasteiger partial charge in [0.05, 0.1) is 17.0 Å². The average molecular weight is 319 g/mol. The SMILES string of the molecule is O=C(Nc1ccc2c(c1)OCO2)c1ccc(-c2ccccn2)nc1. The first kappa shape index (κ1) is 14.2. The molecule has 1 aromatic carbocycles. The zero-order chi connectivity index (χ0) is 16.4. The van der Waals surface area contributed by atoms with Crippen molar-refractivity contribution in [1.29, 1.82) is 0 Å². The van der Waals surface area contributed by atoms with Crippen LogP contribution in [0.3, 0.4) is 0 Å². The Balaban J connectivity index is 1.50. The molecule has 1 aliphatic heterocycles. The van der Waals surface area contributed by atoms with E-state index in [1.165, 1.54) is 6.20 Å². The van der Waals surface area contributed by atoms with E-state index in [9.17, 15) is 4.79 Å². The zero-order valence-electron chi connectivity index (χ0n) is 12.6. The second kappa shape index (κ2) is 6.00. The van der Waals surface area contributed by atoms with Crippen LogP contribution in [0, 0.1) is 0 Å². The molecule has 3 heterocycles. The van der Waals surface area contributed by atoms with Gasteiger partial charge in [0.1, 0.15) is 0 Å². The lowest BCUT2D eigenvalue weighted by Crippen LogP contribution is -2.12. The van der Waals surface area contributed by atoms with Crippen molar-refractivity contribution in [2.45, 2.75) is 0 Å². The highest BCUT2D eigenvalue weighted by molar-refractivity contribution is 6.04. The van der Waals surface area contributed by atoms with Crippen molar-refractivity contribution in [3.05, 3.63) is 66.5 Å². The Kier molecular flexibility index (Phi) is 3.55. The summed E-state index contributed by atoms with van der Waals surface area (Å²) >= 11 is 0. The highest BCUT2D eigenvalue weighted by Gasteiger charge is 2.15. The Bertz CT molecular complexity index is 880. The molecule has 0 aliphatic carbocycles. The minimum Gasteiger partial charge on any atom is -0.454 e. The Morgan fingerprint density at radius 3 is 2.62 bits per heavy atom. The summed E-state index contributed by atoms with van der Waals surface area (Å²) in [4.78, 5) is 20.9. The number of ether oxygens (including phenoxy) is 2. The topological polar surface area (TPSA) is 73.3 Å². The van der Waals surface area contributed by atoms with Gasteiger partial charge in [-0.1, -0.05) is 6.07 Å². The molecule has 6 heteroatoms. The normalized spacial score (nSPS) is 12.0. The van der Waals surface area contributed by atoms with Crippen molar-refractivity contribution in [2.24, 2.45) is 0 Å². The number of benzene rings is 1. The average Bonchev–Trinajstić information content (AvgIpc) is 3.10. The van der Waals surface area contributed by atoms with Crippen LogP contribution in [0.1, 0.15) is 10.4 Å². The summed E-state index contributed by atoms with van der Waals surface area (Å²) in [5, 5.41) is 2.82. The monoisotopic (exact) mass is 319 g/mol. The number of hydrogen-bond acceptors (Lipinski definition) is 5. The van der Waals surface area contributed by atoms with E-state index in [0.717, 1.165) is 11.4 Å². The smallest absolute Gasteiger partial charge is 0.257 e. The minimum absolute atomic E-state index is 0.200. The predicted molar refractivity (Wildman–Crippen MR) is 88.0 cm³/mol. The van der Waals surface area contributed by atoms with Gasteiger partial charge in [-0.15, -0.1) is 0 Å². The van der Waals surface area contributed by atoms with E-state index in [2.05, 4.69) is 15.3 Å². The van der Waals surface area contributed by atoms with E-state index >= 15 is 0 Å². The number of aromatic nitrogens is 2. The maximum Gasteiger partial charge on any atom is 0.257 e. The molecule has 0 saturated heterocycles. The number of amides is 1. The molecule has 1 N–H and O–H groups in total. The number of pyridine rings is 2. The van der Waals surface area contributed by atoms with Gasteiger partial charge in [0, 0.05) is 24.1 Å². The molecule has 6 nitrogen and oxygen atoms in total. The van der Waals surface area contributed by atoms with Crippen LogP contribution in [0.4, 0.5) is 5.69 Å². The molecule has 2 aromatic heterocycles. The first-order valence-electron chi connectivity index (χ1n) is 7.38. The summed E-state index contributed by atoms with van der Waals surface area (Å²) in [5.74, 6) is 1.06. The Morgan fingerprint density at radius 2 is 1.83 bits per heavy atom. The van der Waals surface area contributed by atoms with Gasteiger partial charge in [-0.3, -0.25) is 14.8 Å². The molecule has 0 unspecified atom stereocenters. The fourth-order valence-electron chi connectivity index (χ4n) is 2.37. The molecule has 0 spiro atoms. The van der Waals surface area contributed by atoms with Gasteiger partial charge in [-0.2, -0.15) is 0 Å². The van der Waals surface area contributed by atoms with Crippen LogP contribution in [-0.4, -0.2) is 22.7 Å². The van der Waals surface area contributed by atoms with Crippen LogP contribution in [0.2, 0.25) is 0 Å². The Morgan fingerprint density at radius 1 is 0.958 bits per heavy atom. The molecule has 24 heavy (non-hydrogen) atoms. The van der Waals surface area contributed by atoms with Crippen LogP contribution < -0.4 is 14.8 Å². The quantitative estimate of drug-likeness (QED) is 0.803. The lowest BCUT2D eigenvalue weighted by Gasteiger charge is -2.06. The third-order valence-electron chi connectivity index (χ3n) is 3.58. The molecule has 0 saturated carbocycles. The van der Waals surface area contributed by atoms with Crippen molar-refractivity contribution < 1.29 is 14.3 Å². The van der Waals surface area contributed by atoms with E-state index in [1.807, 2.05) is 18.2 Å². The summed E-state index contributed by atoms with van der Waals surface area (Å²) in [7, 11) is 0. The van der Waals surface area contributed by atoms with Crippen LogP contribution in [0.25, 0.3) is 11.4 Å². The maximum atomic E-state index is 12.3. The van der Waals surface area contributed by atoms with E-state index in [4.69, 9.17) is 9.47 Å². The Labute approximate surface area is 138 Å². The number of hydrogen-bond donors (Lipinski definition) is 1. The molecular weight excluding hydrogens is 306 g/mol. The molecule has 1 amide bonds. The fourth-order valence-corrected chi connectivity index (χ4v) is 2.37. The van der Waals surface area contributed by atoms with Gasteiger partial charge in [0.25, 0.3) is 5.91 Å². The van der Waals surface area contributed by atoms with Crippen LogP contribution in [0.5, 0.6) is 11.5 Å². The molecule has 3 aromatic rings. The van der Waals surface area contributed by atoms with Crippen LogP contribution in [-0.2, 0) is 0 Å². The number of nitrogens with one attached hydrogen (secondary N) is 1. The number of nitrogens with zero attached hydrogens (tertiary/aromatic N) is 2. The number of carbonyl (C=O) groups is 1. The van der Waals surface area contributed by atoms with Gasteiger partial charge in [0.15, 0.2) is 11.5 Å². The number of anilines is 1. The summed E-state index contributed by atoms with van der Waals surface area (Å²) in [5.41, 5.74) is 2.58. The van der Waals surface area contributed by atoms with Crippen molar-refractivity contribution >= 4 is 11.6 Å². The third kappa shape index (κ3) is 2.77. The molecule has 118 valence electrons. The maximum absolute atomic E-state index is 12.3. The summed E-state index contributed by atoms with van der Waals surface area (Å²) in [6.45, 7) is 0.200. The number of rotatable bonds is 3. The molecule has 4 rings (SSSR count). The molecule has 0 bridgehead atoms. The van der Waals surface area contributed by atoms with E-state index in [-0.39, 0.29) is 12.7 Å². The van der Waals surface area contributed by atoms with Crippen molar-refractivity contribution in [3.8, 4) is 22.9 Å². The van der Waals surface area contributed by atoms with E-state index in [1.54, 1.807) is 36.5 Å². The zero-order valence-corrected chi connectivity index (χ0v) is 12.6. The molecular formula is C18H13N3O3. The first-order valence-corrected chi connectivity index (χ1v) is 7.38. The Hall–Kier alpha value is -3.41. The summed E-state index contributed by atoms with van der Waals surface area (Å²) in [6, 6.07) is 14.4. The summed E-state index contributed by atoms with van der Waals surface area (Å²) in [6.07, 6.45) is 3.24. The van der Waals surface area contributed by atoms with Crippen LogP contribution >= 0.6 is 0 Å². The van der Waals surface area contributed by atoms with Crippen LogP contribution in [0.15, 0.2) is 60.9 Å². The van der Waals surface area contributed by atoms with E-state index in [0.29, 0.717) is 22.7 Å². The van der Waals surface area contributed by atoms with Gasteiger partial charge in [0.2, 0.25) is 6.79 Å². The fraction of sp³-hybridized carbons (Fsp3) is 0.0556. The molecule has 0 radical (unpaired) electrons. The van der Waals surface area contributed by atoms with Gasteiger partial charge < -0.3 is 14.8 Å². The van der Waals surface area contributed by atoms with Crippen molar-refractivity contribution in [3.63, 3.8) is 0 Å². The standard InChI is InChI=1S/C18H13N3O3/c22-18(21-13-5-7-16-17(9-13)24-11-23-16)12-4-6-15(20-10-12)14-3-1-2-8-19-14/h1-10H,11H2,(H,21,22). The second-order valence-electron chi connectivity index (χ2n) is 5.17. The lowest BCUT2D eigenvalue weighted by atomic mass is 10.2. The highest BCUT2D eigenvalue weighted by Crippen LogP contribution is 2.34. The summed E-state index contributed by atoms with van der Waals surface area (Å²) < 4.78 is 10.5. The predicted octanol–water partition coefficient (Wildman–Crippen LogP) is 3.12. The number of fused-ring (bicyclic) bond motifs is 1. The van der Waals surface area contributed by atoms with Gasteiger partial charge >= 0.3 is 0 Å². The van der Waals surface area contributed by atoms with Gasteiger partial charge in [-0.05, 0) is 36.4 Å². The molecule has 1 aliphatic rings. The van der Waals surface area contributed by atoms with Gasteiger partial charge in [-0.25, -0.2) is 0 Å². The largest absolute Gasteiger partial charge is 0.454 e. The second-order valence-corrected chi connectivity index (χ2v) is 5.17. The molecule has 0 atom stereocenters. The third-order valence-corrected chi connectivity index (χ3v) is 3.58. The number of carbonyl (C=O) groups excluding carboxylic acids is 1. The lowest BCUT2D eigenvalue weighted by molar-refractivity contribution is 0.102. The molecule has 0 fully saturated rings. The van der Waals surface area contributed by atoms with Crippen molar-refractivity contribution in [1.82, 2.24) is 9.97 Å². The van der Waals surface area contributed by atoms with E-state index < -0.39 is 0 Å². The highest BCUT2D eigenvalue weighted by atomic mass is 16.7.